The van der Waals surface area contributed by atoms with Crippen LogP contribution in [0.3, 0.4) is 0 Å². The molecule has 2 aromatic carbocycles. The molecule has 29 heavy (non-hydrogen) atoms. The molecule has 0 unspecified atom stereocenters. The van der Waals surface area contributed by atoms with Crippen molar-refractivity contribution in [2.24, 2.45) is 5.84 Å². The van der Waals surface area contributed by atoms with E-state index in [4.69, 9.17) is 5.84 Å². The number of H-pyrrole nitrogens is 1. The summed E-state index contributed by atoms with van der Waals surface area (Å²) in [4.78, 5) is 24.6. The third-order valence-electron chi connectivity index (χ3n) is 4.84. The number of nitrogens with two attached hydrogens (primary N) is 1. The van der Waals surface area contributed by atoms with Gasteiger partial charge >= 0.3 is 5.91 Å². The average molecular weight is 383 g/mol. The highest BCUT2D eigenvalue weighted by Crippen LogP contribution is 2.31. The number of benzene rings is 2. The minimum absolute atomic E-state index is 0.0548. The zero-order valence-electron chi connectivity index (χ0n) is 15.3. The number of aromatic amines is 1. The summed E-state index contributed by atoms with van der Waals surface area (Å²) in [6.07, 6.45) is 3.52. The second-order valence-corrected chi connectivity index (χ2v) is 6.67. The molecule has 0 aliphatic carbocycles. The minimum atomic E-state index is -0.515. The monoisotopic (exact) mass is 383 g/mol. The first kappa shape index (κ1) is 17.1. The summed E-state index contributed by atoms with van der Waals surface area (Å²) < 4.78 is 2.07. The van der Waals surface area contributed by atoms with Crippen molar-refractivity contribution in [1.29, 1.82) is 0 Å². The third-order valence-corrected chi connectivity index (χ3v) is 4.84. The van der Waals surface area contributed by atoms with Gasteiger partial charge in [0.05, 0.1) is 28.8 Å². The Morgan fingerprint density at radius 3 is 2.48 bits per heavy atom. The van der Waals surface area contributed by atoms with E-state index in [0.717, 1.165) is 22.2 Å². The van der Waals surface area contributed by atoms with E-state index in [-0.39, 0.29) is 5.82 Å². The van der Waals surface area contributed by atoms with Crippen molar-refractivity contribution in [3.05, 3.63) is 78.4 Å². The van der Waals surface area contributed by atoms with Crippen molar-refractivity contribution in [1.82, 2.24) is 30.2 Å². The number of pyridine rings is 1. The van der Waals surface area contributed by atoms with Gasteiger partial charge in [0.15, 0.2) is 0 Å². The van der Waals surface area contributed by atoms with Gasteiger partial charge in [-0.1, -0.05) is 30.3 Å². The molecule has 0 radical (unpaired) electrons. The fraction of sp³-hybridized carbons (Fsp3) is 0.0476. The van der Waals surface area contributed by atoms with Gasteiger partial charge in [0, 0.05) is 23.3 Å². The molecule has 8 heteroatoms. The van der Waals surface area contributed by atoms with Gasteiger partial charge in [-0.2, -0.15) is 0 Å². The van der Waals surface area contributed by atoms with E-state index in [9.17, 15) is 4.79 Å². The van der Waals surface area contributed by atoms with Crippen molar-refractivity contribution < 1.29 is 4.79 Å². The summed E-state index contributed by atoms with van der Waals surface area (Å²) in [5.41, 5.74) is 7.44. The van der Waals surface area contributed by atoms with Gasteiger partial charge in [-0.25, -0.2) is 15.8 Å². The average Bonchev–Trinajstić information content (AvgIpc) is 3.34. The molecule has 5 aromatic rings. The number of amides is 1. The van der Waals surface area contributed by atoms with E-state index < -0.39 is 5.91 Å². The van der Waals surface area contributed by atoms with Gasteiger partial charge in [-0.3, -0.25) is 25.0 Å². The maximum Gasteiger partial charge on any atom is 0.302 e. The van der Waals surface area contributed by atoms with Gasteiger partial charge in [0.2, 0.25) is 5.82 Å². The Morgan fingerprint density at radius 1 is 1.03 bits per heavy atom. The van der Waals surface area contributed by atoms with E-state index in [0.29, 0.717) is 17.6 Å². The Kier molecular flexibility index (Phi) is 4.03. The SMILES string of the molecule is NNC(=O)c1nc2cc3c(-c4ccncc4)[nH]n(Cc4ccccc4)c3cc2n1. The number of fused-ring (bicyclic) bond motifs is 2. The number of aromatic nitrogens is 5. The van der Waals surface area contributed by atoms with Crippen LogP contribution in [0.15, 0.2) is 67.0 Å². The van der Waals surface area contributed by atoms with Gasteiger partial charge < -0.3 is 0 Å². The van der Waals surface area contributed by atoms with E-state index in [1.54, 1.807) is 12.4 Å². The zero-order chi connectivity index (χ0) is 19.8. The lowest BCUT2D eigenvalue weighted by molar-refractivity contribution is 0.0944. The van der Waals surface area contributed by atoms with Crippen molar-refractivity contribution in [2.45, 2.75) is 6.54 Å². The first-order chi connectivity index (χ1) is 14.2. The highest BCUT2D eigenvalue weighted by molar-refractivity contribution is 6.02. The van der Waals surface area contributed by atoms with Crippen molar-refractivity contribution >= 4 is 27.8 Å². The van der Waals surface area contributed by atoms with Gasteiger partial charge in [0.25, 0.3) is 0 Å². The lowest BCUT2D eigenvalue weighted by Gasteiger charge is -2.05. The molecule has 0 fully saturated rings. The summed E-state index contributed by atoms with van der Waals surface area (Å²) in [7, 11) is 0. The molecule has 8 nitrogen and oxygen atoms in total. The molecular formula is C21H17N7O. The van der Waals surface area contributed by atoms with E-state index in [1.165, 1.54) is 5.56 Å². The molecule has 0 aliphatic heterocycles. The summed E-state index contributed by atoms with van der Waals surface area (Å²) >= 11 is 0. The maximum atomic E-state index is 11.8. The van der Waals surface area contributed by atoms with Gasteiger partial charge in [-0.15, -0.1) is 0 Å². The van der Waals surface area contributed by atoms with Crippen LogP contribution in [0.1, 0.15) is 16.2 Å². The summed E-state index contributed by atoms with van der Waals surface area (Å²) in [5.74, 6) is 4.76. The predicted octanol–water partition coefficient (Wildman–Crippen LogP) is 2.63. The lowest BCUT2D eigenvalue weighted by Crippen LogP contribution is -2.30. The Morgan fingerprint density at radius 2 is 1.76 bits per heavy atom. The third kappa shape index (κ3) is 3.01. The molecule has 3 heterocycles. The zero-order valence-corrected chi connectivity index (χ0v) is 15.3. The number of imidazole rings is 1. The van der Waals surface area contributed by atoms with E-state index in [2.05, 4.69) is 42.3 Å². The molecule has 0 saturated heterocycles. The second-order valence-electron chi connectivity index (χ2n) is 6.67. The minimum Gasteiger partial charge on any atom is -0.297 e. The normalized spacial score (nSPS) is 11.2. The second kappa shape index (κ2) is 6.84. The number of nitrogens with zero attached hydrogens (tertiary/aromatic N) is 4. The van der Waals surface area contributed by atoms with Crippen LogP contribution >= 0.6 is 0 Å². The first-order valence-electron chi connectivity index (χ1n) is 9.08. The van der Waals surface area contributed by atoms with Crippen LogP contribution in [-0.4, -0.2) is 30.6 Å². The summed E-state index contributed by atoms with van der Waals surface area (Å²) in [5, 5.41) is 4.49. The molecule has 142 valence electrons. The molecule has 1 amide bonds. The summed E-state index contributed by atoms with van der Waals surface area (Å²) in [6, 6.07) is 18.0. The number of hydrogen-bond donors (Lipinski definition) is 3. The molecule has 0 saturated carbocycles. The van der Waals surface area contributed by atoms with Crippen molar-refractivity contribution in [3.63, 3.8) is 0 Å². The van der Waals surface area contributed by atoms with E-state index >= 15 is 0 Å². The lowest BCUT2D eigenvalue weighted by atomic mass is 10.1. The van der Waals surface area contributed by atoms with Gasteiger partial charge in [-0.05, 0) is 29.8 Å². The Balaban J connectivity index is 1.73. The smallest absolute Gasteiger partial charge is 0.297 e. The molecule has 3 aromatic heterocycles. The molecule has 0 aliphatic rings. The summed E-state index contributed by atoms with van der Waals surface area (Å²) in [6.45, 7) is 0.665. The van der Waals surface area contributed by atoms with Crippen molar-refractivity contribution in [3.8, 4) is 11.3 Å². The van der Waals surface area contributed by atoms with Crippen LogP contribution < -0.4 is 11.3 Å². The molecule has 0 bridgehead atoms. The molecule has 5 rings (SSSR count). The number of rotatable bonds is 4. The van der Waals surface area contributed by atoms with Crippen LogP contribution in [-0.2, 0) is 6.54 Å². The van der Waals surface area contributed by atoms with E-state index in [1.807, 2.05) is 42.5 Å². The number of nitrogens with one attached hydrogen (secondary N) is 2. The Hall–Kier alpha value is -4.04. The van der Waals surface area contributed by atoms with Crippen LogP contribution in [0.2, 0.25) is 0 Å². The predicted molar refractivity (Wildman–Crippen MR) is 110 cm³/mol. The fourth-order valence-electron chi connectivity index (χ4n) is 3.47. The topological polar surface area (TPSA) is 115 Å². The Bertz CT molecular complexity index is 1320. The largest absolute Gasteiger partial charge is 0.302 e. The number of carbonyl (C=O) groups is 1. The number of hydrogen-bond acceptors (Lipinski definition) is 5. The van der Waals surface area contributed by atoms with Crippen LogP contribution in [0.5, 0.6) is 0 Å². The maximum absolute atomic E-state index is 11.8. The van der Waals surface area contributed by atoms with Crippen LogP contribution in [0.4, 0.5) is 0 Å². The molecular weight excluding hydrogens is 366 g/mol. The molecule has 0 spiro atoms. The van der Waals surface area contributed by atoms with Crippen LogP contribution in [0.25, 0.3) is 33.2 Å². The number of nitrogen functional groups attached to an aromatic ring is 1. The van der Waals surface area contributed by atoms with Gasteiger partial charge in [0.1, 0.15) is 0 Å². The van der Waals surface area contributed by atoms with Crippen LogP contribution in [0, 0.1) is 0 Å². The molecule has 4 N–H and O–H groups in total. The quantitative estimate of drug-likeness (QED) is 0.251. The highest BCUT2D eigenvalue weighted by Gasteiger charge is 2.17. The standard InChI is InChI=1S/C21H17N7O/c22-26-21(29)20-24-16-10-15-18(11-17(16)25-20)28(12-13-4-2-1-3-5-13)27-19(15)14-6-8-23-9-7-14/h1-11,27H,12,22H2,(H,26,29). The first-order valence-corrected chi connectivity index (χ1v) is 9.08. The fourth-order valence-corrected chi connectivity index (χ4v) is 3.47. The highest BCUT2D eigenvalue weighted by atomic mass is 16.2. The number of hydrazine groups is 1. The number of carbonyl (C=O) groups excluding carboxylic acids is 1. The Labute approximate surface area is 165 Å². The van der Waals surface area contributed by atoms with Crippen molar-refractivity contribution in [2.75, 3.05) is 0 Å². The molecule has 0 atom stereocenters.